The number of aliphatic carboxylic acids is 2. The van der Waals surface area contributed by atoms with E-state index in [0.29, 0.717) is 12.3 Å². The maximum atomic E-state index is 11.2. The summed E-state index contributed by atoms with van der Waals surface area (Å²) < 4.78 is 29.2. The van der Waals surface area contributed by atoms with Gasteiger partial charge in [-0.15, -0.1) is 0 Å². The van der Waals surface area contributed by atoms with Gasteiger partial charge in [-0.05, 0) is 49.8 Å². The van der Waals surface area contributed by atoms with E-state index in [1.807, 2.05) is 0 Å². The Kier molecular flexibility index (Phi) is 6.63. The van der Waals surface area contributed by atoms with Crippen LogP contribution in [0.3, 0.4) is 0 Å². The fraction of sp³-hybridized carbons (Fsp3) is 0.474. The highest BCUT2D eigenvalue weighted by molar-refractivity contribution is 7.85. The molecule has 5 N–H and O–H groups in total. The van der Waals surface area contributed by atoms with E-state index >= 15 is 0 Å². The van der Waals surface area contributed by atoms with Crippen molar-refractivity contribution in [2.75, 3.05) is 6.54 Å². The molecule has 0 radical (unpaired) electrons. The summed E-state index contributed by atoms with van der Waals surface area (Å²) in [5.41, 5.74) is 6.24. The zero-order valence-electron chi connectivity index (χ0n) is 15.5. The molecule has 0 bridgehead atoms. The van der Waals surface area contributed by atoms with Crippen LogP contribution in [-0.2, 0) is 19.7 Å². The quantitative estimate of drug-likeness (QED) is 0.315. The molecule has 28 heavy (non-hydrogen) atoms. The first kappa shape index (κ1) is 22.1. The summed E-state index contributed by atoms with van der Waals surface area (Å²) in [6.07, 6.45) is 4.59. The zero-order chi connectivity index (χ0) is 21.1. The van der Waals surface area contributed by atoms with Gasteiger partial charge in [0.2, 0.25) is 0 Å². The van der Waals surface area contributed by atoms with Gasteiger partial charge in [0.05, 0.1) is 4.90 Å². The number of hydrogen-bond acceptors (Lipinski definition) is 5. The lowest BCUT2D eigenvalue weighted by molar-refractivity contribution is -0.171. The van der Waals surface area contributed by atoms with Gasteiger partial charge in [0.1, 0.15) is 0 Å². The summed E-state index contributed by atoms with van der Waals surface area (Å²) in [5, 5.41) is 18.3. The van der Waals surface area contributed by atoms with Crippen LogP contribution in [0.1, 0.15) is 26.2 Å². The number of carboxylic acid groups (broad SMARTS) is 2. The Labute approximate surface area is 163 Å². The Morgan fingerprint density at radius 2 is 1.79 bits per heavy atom. The van der Waals surface area contributed by atoms with Gasteiger partial charge in [-0.2, -0.15) is 8.42 Å². The molecule has 3 rings (SSSR count). The van der Waals surface area contributed by atoms with Crippen LogP contribution in [0.15, 0.2) is 46.9 Å². The van der Waals surface area contributed by atoms with E-state index in [2.05, 4.69) is 13.0 Å². The molecule has 154 valence electrons. The van der Waals surface area contributed by atoms with Crippen molar-refractivity contribution in [1.82, 2.24) is 0 Å². The second kappa shape index (κ2) is 8.42. The number of carbonyl (C=O) groups is 2. The molecule has 0 spiro atoms. The van der Waals surface area contributed by atoms with E-state index in [1.54, 1.807) is 18.2 Å². The van der Waals surface area contributed by atoms with Gasteiger partial charge in [0.25, 0.3) is 10.1 Å². The second-order valence-electron chi connectivity index (χ2n) is 7.21. The predicted octanol–water partition coefficient (Wildman–Crippen LogP) is 2.03. The van der Waals surface area contributed by atoms with Crippen LogP contribution >= 0.6 is 0 Å². The third kappa shape index (κ3) is 4.26. The van der Waals surface area contributed by atoms with Gasteiger partial charge in [-0.3, -0.25) is 14.1 Å². The first-order valence-electron chi connectivity index (χ1n) is 8.94. The molecule has 0 aromatic heterocycles. The lowest BCUT2D eigenvalue weighted by Gasteiger charge is -2.53. The fourth-order valence-electron chi connectivity index (χ4n) is 4.32. The minimum absolute atomic E-state index is 0.0228. The number of hydrogen-bond donors (Lipinski definition) is 4. The molecule has 1 saturated carbocycles. The average molecular weight is 411 g/mol. The monoisotopic (exact) mass is 411 g/mol. The smallest absolute Gasteiger partial charge is 0.318 e. The SMILES string of the molecule is CCC1=CC2C(C1)CC2(CN)C(C(=O)O)C(=O)O.O=S(=O)(O)c1ccccc1. The number of benzene rings is 1. The standard InChI is InChI=1S/C13H19NO4.C6H6O3S/c1-2-7-3-8-5-13(6-14,9(8)4-7)10(11(15)16)12(17)18;7-10(8,9)6-4-2-1-3-5-6/h4,8-10H,2-3,5-6,14H2,1H3,(H,15,16)(H,17,18);1-5H,(H,7,8,9). The predicted molar refractivity (Wildman–Crippen MR) is 101 cm³/mol. The highest BCUT2D eigenvalue weighted by atomic mass is 32.2. The summed E-state index contributed by atoms with van der Waals surface area (Å²) in [7, 11) is -4.00. The summed E-state index contributed by atoms with van der Waals surface area (Å²) >= 11 is 0. The Hall–Kier alpha value is -2.23. The van der Waals surface area contributed by atoms with E-state index in [9.17, 15) is 18.0 Å². The normalized spacial score (nSPS) is 25.8. The Bertz CT molecular complexity index is 852. The van der Waals surface area contributed by atoms with E-state index < -0.39 is 33.4 Å². The first-order valence-corrected chi connectivity index (χ1v) is 10.4. The second-order valence-corrected chi connectivity index (χ2v) is 8.63. The minimum atomic E-state index is -4.00. The number of carboxylic acids is 2. The van der Waals surface area contributed by atoms with Crippen LogP contribution < -0.4 is 5.73 Å². The average Bonchev–Trinajstić information content (AvgIpc) is 2.97. The molecule has 3 unspecified atom stereocenters. The maximum absolute atomic E-state index is 11.2. The molecule has 8 nitrogen and oxygen atoms in total. The van der Waals surface area contributed by atoms with Crippen molar-refractivity contribution in [3.63, 3.8) is 0 Å². The molecular formula is C19H25NO7S. The van der Waals surface area contributed by atoms with Crippen molar-refractivity contribution in [3.8, 4) is 0 Å². The summed E-state index contributed by atoms with van der Waals surface area (Å²) in [4.78, 5) is 22.4. The number of fused-ring (bicyclic) bond motifs is 1. The van der Waals surface area contributed by atoms with Crippen LogP contribution in [0.4, 0.5) is 0 Å². The van der Waals surface area contributed by atoms with Gasteiger partial charge in [-0.1, -0.05) is 36.8 Å². The highest BCUT2D eigenvalue weighted by Gasteiger charge is 2.62. The molecule has 2 aliphatic rings. The van der Waals surface area contributed by atoms with E-state index in [-0.39, 0.29) is 17.4 Å². The van der Waals surface area contributed by atoms with Crippen molar-refractivity contribution < 1.29 is 32.8 Å². The number of rotatable bonds is 6. The van der Waals surface area contributed by atoms with Crippen molar-refractivity contribution in [3.05, 3.63) is 42.0 Å². The maximum Gasteiger partial charge on any atom is 0.318 e. The molecule has 0 saturated heterocycles. The molecule has 1 aromatic carbocycles. The third-order valence-corrected chi connectivity index (χ3v) is 6.57. The molecular weight excluding hydrogens is 386 g/mol. The molecule has 1 aromatic rings. The number of nitrogens with two attached hydrogens (primary N) is 1. The van der Waals surface area contributed by atoms with Crippen molar-refractivity contribution in [1.29, 1.82) is 0 Å². The van der Waals surface area contributed by atoms with Gasteiger partial charge in [0.15, 0.2) is 5.92 Å². The lowest BCUT2D eigenvalue weighted by Crippen LogP contribution is -2.58. The third-order valence-electron chi connectivity index (χ3n) is 5.70. The van der Waals surface area contributed by atoms with E-state index in [4.69, 9.17) is 20.5 Å². The summed E-state index contributed by atoms with van der Waals surface area (Å²) in [6, 6.07) is 7.42. The molecule has 9 heteroatoms. The highest BCUT2D eigenvalue weighted by Crippen LogP contribution is 2.61. The zero-order valence-corrected chi connectivity index (χ0v) is 16.3. The van der Waals surface area contributed by atoms with E-state index in [0.717, 1.165) is 12.8 Å². The van der Waals surface area contributed by atoms with E-state index in [1.165, 1.54) is 17.7 Å². The Balaban J connectivity index is 0.000000237. The minimum Gasteiger partial charge on any atom is -0.481 e. The first-order chi connectivity index (χ1) is 13.1. The van der Waals surface area contributed by atoms with Crippen molar-refractivity contribution >= 4 is 22.1 Å². The van der Waals surface area contributed by atoms with Gasteiger partial charge < -0.3 is 15.9 Å². The Morgan fingerprint density at radius 1 is 1.21 bits per heavy atom. The molecule has 0 amide bonds. The lowest BCUT2D eigenvalue weighted by atomic mass is 9.49. The molecule has 3 atom stereocenters. The topological polar surface area (TPSA) is 155 Å². The van der Waals surface area contributed by atoms with Crippen molar-refractivity contribution in [2.24, 2.45) is 28.9 Å². The number of allylic oxidation sites excluding steroid dienone is 2. The molecule has 1 fully saturated rings. The summed E-state index contributed by atoms with van der Waals surface area (Å²) in [6.45, 7) is 2.18. The molecule has 2 aliphatic carbocycles. The van der Waals surface area contributed by atoms with Crippen LogP contribution in [0.25, 0.3) is 0 Å². The largest absolute Gasteiger partial charge is 0.481 e. The molecule has 0 heterocycles. The van der Waals surface area contributed by atoms with Gasteiger partial charge in [0, 0.05) is 5.41 Å². The van der Waals surface area contributed by atoms with Crippen LogP contribution in [-0.4, -0.2) is 41.7 Å². The Morgan fingerprint density at radius 3 is 2.18 bits per heavy atom. The van der Waals surface area contributed by atoms with Crippen LogP contribution in [0, 0.1) is 23.2 Å². The van der Waals surface area contributed by atoms with Crippen LogP contribution in [0.2, 0.25) is 0 Å². The van der Waals surface area contributed by atoms with Gasteiger partial charge in [-0.25, -0.2) is 0 Å². The fourth-order valence-corrected chi connectivity index (χ4v) is 4.82. The molecule has 0 aliphatic heterocycles. The van der Waals surface area contributed by atoms with Crippen molar-refractivity contribution in [2.45, 2.75) is 31.1 Å². The van der Waals surface area contributed by atoms with Gasteiger partial charge >= 0.3 is 11.9 Å². The van der Waals surface area contributed by atoms with Crippen LogP contribution in [0.5, 0.6) is 0 Å². The summed E-state index contributed by atoms with van der Waals surface area (Å²) in [5.74, 6) is -3.52.